The van der Waals surface area contributed by atoms with E-state index in [1.807, 2.05) is 36.4 Å². The standard InChI is InChI=1S/C116H96N10/c1-13-75-17-25-81(26-18-75)107-93-37-38-94(119-93)108(82-27-19-76(14-2)20-28-82)96-45-47-103(123-96)113(84-31-23-78(16-4)24-32-84)115-89(63-105(125-115)109(97-40-39-95(107)120-97)83-29-21-77(15-3)22-30-83)61-91(65-117)79-33-35-80(36-34-79)92(66-118)62-90-64-106-112(87-57-71(9)51-72(10)58-87)102-44-43-100(122-102)110(85-53-67(5)49-68(6)54-85)98-41-42-99(121-98)111(86-55-69(7)50-70(8)56-86)101-46-48-104(124-101)114(116(90)126-106)88-59-73(11)52-74(12)60-88/h17-64,119,121,125-126H,13-16H2,1-12H3/b91-61+,92-62+,107-93?,107-95?,108-94?,108-96?,109-97?,109-105?,110-98?,110-100?,111-99?,111-101?,112-102?,112-106?,113-103?,114-104?,115-113?,116-114?. The average molecular weight is 1630 g/mol. The van der Waals surface area contributed by atoms with E-state index in [-0.39, 0.29) is 0 Å². The van der Waals surface area contributed by atoms with Gasteiger partial charge in [-0.2, -0.15) is 10.5 Å². The van der Waals surface area contributed by atoms with Crippen LogP contribution >= 0.6 is 0 Å². The van der Waals surface area contributed by atoms with Crippen molar-refractivity contribution in [3.8, 4) is 101 Å². The number of benzene rings is 9. The first kappa shape index (κ1) is 80.4. The molecule has 0 aliphatic carbocycles. The minimum absolute atomic E-state index is 0.413. The van der Waals surface area contributed by atoms with Crippen molar-refractivity contribution in [3.05, 3.63) is 365 Å². The summed E-state index contributed by atoms with van der Waals surface area (Å²) in [5, 5.41) is 23.8. The molecule has 16 bridgehead atoms. The molecule has 4 N–H and O–H groups in total. The van der Waals surface area contributed by atoms with E-state index in [0.29, 0.717) is 22.3 Å². The number of rotatable bonds is 16. The van der Waals surface area contributed by atoms with Crippen LogP contribution in [0.3, 0.4) is 0 Å². The molecule has 0 radical (unpaired) electrons. The number of hydrogen-bond donors (Lipinski definition) is 4. The second-order valence-electron chi connectivity index (χ2n) is 34.1. The second-order valence-corrected chi connectivity index (χ2v) is 34.1. The molecule has 4 aliphatic heterocycles. The number of aromatic nitrogens is 8. The number of fused-ring (bicyclic) bond motifs is 16. The highest BCUT2D eigenvalue weighted by atomic mass is 14.8. The molecule has 0 fully saturated rings. The van der Waals surface area contributed by atoms with Crippen molar-refractivity contribution in [1.82, 2.24) is 39.9 Å². The van der Waals surface area contributed by atoms with Gasteiger partial charge < -0.3 is 19.9 Å². The molecule has 0 amide bonds. The highest BCUT2D eigenvalue weighted by molar-refractivity contribution is 6.08. The van der Waals surface area contributed by atoms with E-state index in [9.17, 15) is 10.5 Å². The van der Waals surface area contributed by atoms with Gasteiger partial charge in [-0.1, -0.05) is 266 Å². The fraction of sp³-hybridized carbons (Fsp3) is 0.138. The molecular formula is C116H96N10. The summed E-state index contributed by atoms with van der Waals surface area (Å²) in [6, 6.07) is 88.5. The van der Waals surface area contributed by atoms with Crippen LogP contribution in [0, 0.1) is 78.1 Å². The van der Waals surface area contributed by atoms with E-state index in [4.69, 9.17) is 19.9 Å². The third kappa shape index (κ3) is 15.5. The Kier molecular flexibility index (Phi) is 21.3. The zero-order chi connectivity index (χ0) is 86.7. The van der Waals surface area contributed by atoms with Crippen molar-refractivity contribution in [2.45, 2.75) is 109 Å². The molecule has 4 aliphatic rings. The predicted octanol–water partition coefficient (Wildman–Crippen LogP) is 29.8. The lowest BCUT2D eigenvalue weighted by atomic mass is 9.96. The van der Waals surface area contributed by atoms with E-state index >= 15 is 0 Å². The molecule has 610 valence electrons. The molecular weight excluding hydrogens is 1530 g/mol. The second kappa shape index (κ2) is 33.5. The van der Waals surface area contributed by atoms with Gasteiger partial charge >= 0.3 is 0 Å². The Morgan fingerprint density at radius 3 is 0.714 bits per heavy atom. The van der Waals surface area contributed by atoms with E-state index in [0.717, 1.165) is 260 Å². The largest absolute Gasteiger partial charge is 0.354 e. The molecule has 6 aromatic heterocycles. The monoisotopic (exact) mass is 1630 g/mol. The van der Waals surface area contributed by atoms with Gasteiger partial charge in [0.2, 0.25) is 0 Å². The number of H-pyrrole nitrogens is 4. The minimum Gasteiger partial charge on any atom is -0.354 e. The van der Waals surface area contributed by atoms with Crippen LogP contribution in [0.2, 0.25) is 0 Å². The minimum atomic E-state index is 0.413. The number of nitrogens with zero attached hydrogens (tertiary/aromatic N) is 6. The van der Waals surface area contributed by atoms with Crippen molar-refractivity contribution < 1.29 is 0 Å². The first-order valence-corrected chi connectivity index (χ1v) is 43.8. The lowest BCUT2D eigenvalue weighted by Crippen LogP contribution is -1.92. The number of allylic oxidation sites excluding steroid dienone is 2. The Hall–Kier alpha value is -15.4. The van der Waals surface area contributed by atoms with Gasteiger partial charge in [0, 0.05) is 88.7 Å². The number of nitrogens with one attached hydrogen (secondary N) is 4. The lowest BCUT2D eigenvalue weighted by molar-refractivity contribution is 1.14. The quantitative estimate of drug-likeness (QED) is 0.0704. The molecule has 0 unspecified atom stereocenters. The zero-order valence-corrected chi connectivity index (χ0v) is 73.2. The first-order chi connectivity index (χ1) is 61.3. The summed E-state index contributed by atoms with van der Waals surface area (Å²) in [4.78, 5) is 39.1. The summed E-state index contributed by atoms with van der Waals surface area (Å²) in [5.74, 6) is 0. The Morgan fingerprint density at radius 2 is 0.460 bits per heavy atom. The van der Waals surface area contributed by atoms with Crippen LogP contribution in [0.4, 0.5) is 0 Å². The van der Waals surface area contributed by atoms with Crippen LogP contribution in [0.1, 0.15) is 162 Å². The Morgan fingerprint density at radius 1 is 0.246 bits per heavy atom. The molecule has 9 aromatic carbocycles. The van der Waals surface area contributed by atoms with Crippen molar-refractivity contribution >= 4 is 116 Å². The highest BCUT2D eigenvalue weighted by Crippen LogP contribution is 2.46. The Labute approximate surface area is 736 Å². The maximum Gasteiger partial charge on any atom is 0.0998 e. The summed E-state index contributed by atoms with van der Waals surface area (Å²) >= 11 is 0. The van der Waals surface area contributed by atoms with Gasteiger partial charge in [-0.15, -0.1) is 0 Å². The molecule has 10 heteroatoms. The Bertz CT molecular complexity index is 7590. The van der Waals surface area contributed by atoms with Crippen molar-refractivity contribution in [1.29, 1.82) is 10.5 Å². The smallest absolute Gasteiger partial charge is 0.0998 e. The van der Waals surface area contributed by atoms with E-state index in [1.165, 1.54) is 22.3 Å². The van der Waals surface area contributed by atoms with Crippen LogP contribution in [0.15, 0.2) is 231 Å². The van der Waals surface area contributed by atoms with E-state index in [2.05, 4.69) is 370 Å². The SMILES string of the molecule is CCc1ccc(-c2c3nc(c(-c4ccc(CC)cc4)c4cc(/C=C(\C#N)c5ccc(/C(C#N)=C/c6cc7[nH]c6c(-c6cc(C)cc(C)c6)c6nc(c(-c8cc(C)cc(C)c8)c8ccc([nH]8)c(-c8cc(C)cc(C)c8)c8nc(c7-c7cc(C)cc(C)c7)C=C8)C=C6)cc5)c([nH]4)c(-c4ccc(CC)cc4)c4nc(c(-c5ccc(CC)cc5)c5ccc2[nH]5)C=C4)C=C3)cc1. The third-order valence-electron chi connectivity index (χ3n) is 24.8. The molecule has 15 aromatic rings. The molecule has 0 atom stereocenters. The van der Waals surface area contributed by atoms with Crippen LogP contribution < -0.4 is 0 Å². The van der Waals surface area contributed by atoms with Gasteiger partial charge in [-0.05, 0) is 256 Å². The van der Waals surface area contributed by atoms with Gasteiger partial charge in [0.15, 0.2) is 0 Å². The fourth-order valence-electron chi connectivity index (χ4n) is 18.9. The van der Waals surface area contributed by atoms with Crippen LogP contribution in [-0.2, 0) is 25.7 Å². The summed E-state index contributed by atoms with van der Waals surface area (Å²) in [7, 11) is 0. The van der Waals surface area contributed by atoms with Crippen LogP contribution in [-0.4, -0.2) is 39.9 Å². The molecule has 0 spiro atoms. The van der Waals surface area contributed by atoms with Crippen LogP contribution in [0.5, 0.6) is 0 Å². The molecule has 0 saturated heterocycles. The summed E-state index contributed by atoms with van der Waals surface area (Å²) in [6.45, 7) is 25.9. The number of aromatic amines is 4. The summed E-state index contributed by atoms with van der Waals surface area (Å²) in [5.41, 5.74) is 46.2. The Balaban J connectivity index is 0.854. The topological polar surface area (TPSA) is 162 Å². The van der Waals surface area contributed by atoms with E-state index in [1.54, 1.807) is 0 Å². The molecule has 126 heavy (non-hydrogen) atoms. The highest BCUT2D eigenvalue weighted by Gasteiger charge is 2.26. The molecule has 19 rings (SSSR count). The van der Waals surface area contributed by atoms with Gasteiger partial charge in [-0.25, -0.2) is 19.9 Å². The molecule has 10 nitrogen and oxygen atoms in total. The number of aryl methyl sites for hydroxylation is 12. The van der Waals surface area contributed by atoms with Gasteiger partial charge in [0.05, 0.1) is 79.9 Å². The predicted molar refractivity (Wildman–Crippen MR) is 530 cm³/mol. The number of hydrogen-bond acceptors (Lipinski definition) is 6. The first-order valence-electron chi connectivity index (χ1n) is 43.8. The third-order valence-corrected chi connectivity index (χ3v) is 24.8. The summed E-state index contributed by atoms with van der Waals surface area (Å²) < 4.78 is 0. The van der Waals surface area contributed by atoms with Crippen molar-refractivity contribution in [3.63, 3.8) is 0 Å². The fourth-order valence-corrected chi connectivity index (χ4v) is 18.9. The van der Waals surface area contributed by atoms with E-state index < -0.39 is 0 Å². The zero-order valence-electron chi connectivity index (χ0n) is 73.2. The molecule has 0 saturated carbocycles. The maximum absolute atomic E-state index is 11.9. The average Bonchev–Trinajstić information content (AvgIpc) is 1.60. The maximum atomic E-state index is 11.9. The van der Waals surface area contributed by atoms with Gasteiger partial charge in [0.25, 0.3) is 0 Å². The van der Waals surface area contributed by atoms with Crippen molar-refractivity contribution in [2.24, 2.45) is 0 Å². The molecule has 10 heterocycles. The van der Waals surface area contributed by atoms with Gasteiger partial charge in [-0.3, -0.25) is 0 Å². The van der Waals surface area contributed by atoms with Gasteiger partial charge in [0.1, 0.15) is 0 Å². The normalized spacial score (nSPS) is 12.4. The number of nitriles is 2. The summed E-state index contributed by atoms with van der Waals surface area (Å²) in [6.07, 6.45) is 24.8. The van der Waals surface area contributed by atoms with Crippen LogP contribution in [0.25, 0.3) is 205 Å². The lowest BCUT2D eigenvalue weighted by Gasteiger charge is -2.10. The van der Waals surface area contributed by atoms with Crippen molar-refractivity contribution in [2.75, 3.05) is 0 Å².